The van der Waals surface area contributed by atoms with Gasteiger partial charge in [0.25, 0.3) is 5.91 Å². The first-order valence-corrected chi connectivity index (χ1v) is 10.2. The van der Waals surface area contributed by atoms with Crippen molar-refractivity contribution >= 4 is 30.7 Å². The molecule has 0 spiro atoms. The van der Waals surface area contributed by atoms with Gasteiger partial charge in [0, 0.05) is 19.2 Å². The topological polar surface area (TPSA) is 75.1 Å². The standard InChI is InChI=1S/C20H24N4O2S.C2H6/c1-3-5-10-22-20(21-9-4-2)24-19(25)17(14-27)23-13-15-6-7-18-16(12-15)8-11-26-18;1-2/h3-7,12-14,27H,2,8-11H2,1H3,(H2,21,22,24,25);1-2H3/b5-3-,17-14-,23-13?;. The molecule has 0 saturated heterocycles. The van der Waals surface area contributed by atoms with Gasteiger partial charge in [-0.25, -0.2) is 9.98 Å². The number of amides is 1. The third-order valence-electron chi connectivity index (χ3n) is 3.66. The summed E-state index contributed by atoms with van der Waals surface area (Å²) in [6.45, 7) is 11.2. The van der Waals surface area contributed by atoms with E-state index in [1.54, 1.807) is 12.3 Å². The summed E-state index contributed by atoms with van der Waals surface area (Å²) in [5, 5.41) is 7.06. The van der Waals surface area contributed by atoms with E-state index in [0.717, 1.165) is 23.3 Å². The number of thiol groups is 1. The van der Waals surface area contributed by atoms with Crippen molar-refractivity contribution < 1.29 is 9.53 Å². The van der Waals surface area contributed by atoms with E-state index in [1.165, 1.54) is 5.41 Å². The zero-order valence-electron chi connectivity index (χ0n) is 17.3. The van der Waals surface area contributed by atoms with Crippen LogP contribution in [0.4, 0.5) is 0 Å². The van der Waals surface area contributed by atoms with Gasteiger partial charge in [-0.05, 0) is 41.7 Å². The van der Waals surface area contributed by atoms with Crippen LogP contribution in [0.5, 0.6) is 5.75 Å². The predicted molar refractivity (Wildman–Crippen MR) is 125 cm³/mol. The van der Waals surface area contributed by atoms with Gasteiger partial charge in [0.15, 0.2) is 5.96 Å². The highest BCUT2D eigenvalue weighted by atomic mass is 32.1. The molecule has 0 atom stereocenters. The van der Waals surface area contributed by atoms with Crippen LogP contribution in [0.1, 0.15) is 31.9 Å². The highest BCUT2D eigenvalue weighted by molar-refractivity contribution is 7.83. The summed E-state index contributed by atoms with van der Waals surface area (Å²) in [5.74, 6) is 0.863. The molecule has 2 rings (SSSR count). The number of hydrogen-bond acceptors (Lipinski definition) is 5. The number of carbonyl (C=O) groups excluding carboxylic acids is 1. The number of aliphatic imine (C=N–C) groups is 2. The lowest BCUT2D eigenvalue weighted by Gasteiger charge is -2.09. The van der Waals surface area contributed by atoms with Gasteiger partial charge in [0.2, 0.25) is 0 Å². The van der Waals surface area contributed by atoms with Gasteiger partial charge in [-0.15, -0.1) is 19.2 Å². The van der Waals surface area contributed by atoms with Crippen molar-refractivity contribution in [1.82, 2.24) is 10.6 Å². The molecule has 1 aromatic rings. The van der Waals surface area contributed by atoms with Gasteiger partial charge in [-0.2, -0.15) is 0 Å². The second-order valence-electron chi connectivity index (χ2n) is 5.62. The lowest BCUT2D eigenvalue weighted by atomic mass is 10.1. The van der Waals surface area contributed by atoms with Gasteiger partial charge >= 0.3 is 0 Å². The molecule has 0 aliphatic carbocycles. The number of nitrogens with one attached hydrogen (secondary N) is 2. The van der Waals surface area contributed by atoms with E-state index >= 15 is 0 Å². The molecule has 0 radical (unpaired) electrons. The quantitative estimate of drug-likeness (QED) is 0.210. The Balaban J connectivity index is 0.00000204. The van der Waals surface area contributed by atoms with Crippen LogP contribution in [-0.2, 0) is 11.2 Å². The van der Waals surface area contributed by atoms with Crippen LogP contribution in [0.3, 0.4) is 0 Å². The Morgan fingerprint density at radius 2 is 2.17 bits per heavy atom. The van der Waals surface area contributed by atoms with Crippen LogP contribution >= 0.6 is 12.6 Å². The molecule has 2 N–H and O–H groups in total. The maximum absolute atomic E-state index is 12.5. The number of fused-ring (bicyclic) bond motifs is 1. The molecule has 1 aliphatic heterocycles. The first-order chi connectivity index (χ1) is 14.2. The lowest BCUT2D eigenvalue weighted by Crippen LogP contribution is -2.41. The Bertz CT molecular complexity index is 798. The van der Waals surface area contributed by atoms with Crippen LogP contribution in [0.15, 0.2) is 64.1 Å². The first-order valence-electron chi connectivity index (χ1n) is 9.63. The smallest absolute Gasteiger partial charge is 0.277 e. The number of rotatable bonds is 7. The SMILES string of the molecule is C=CCNC(=NC/C=C\C)NC(=O)/C(=C/S)N=Cc1ccc2c(c1)CCO2.CC. The number of ether oxygens (including phenoxy) is 1. The second-order valence-corrected chi connectivity index (χ2v) is 5.88. The summed E-state index contributed by atoms with van der Waals surface area (Å²) in [7, 11) is 0. The van der Waals surface area contributed by atoms with Crippen LogP contribution < -0.4 is 15.4 Å². The predicted octanol–water partition coefficient (Wildman–Crippen LogP) is 3.66. The fraction of sp³-hybridized carbons (Fsp3) is 0.318. The summed E-state index contributed by atoms with van der Waals surface area (Å²) in [6.07, 6.45) is 7.97. The minimum atomic E-state index is -0.401. The van der Waals surface area contributed by atoms with Crippen molar-refractivity contribution in [3.05, 3.63) is 65.2 Å². The highest BCUT2D eigenvalue weighted by Gasteiger charge is 2.12. The van der Waals surface area contributed by atoms with E-state index in [4.69, 9.17) is 4.74 Å². The van der Waals surface area contributed by atoms with E-state index in [0.29, 0.717) is 25.7 Å². The van der Waals surface area contributed by atoms with Crippen molar-refractivity contribution in [3.63, 3.8) is 0 Å². The molecular formula is C22H30N4O2S. The van der Waals surface area contributed by atoms with Crippen molar-refractivity contribution in [1.29, 1.82) is 0 Å². The Hall–Kier alpha value is -2.80. The third-order valence-corrected chi connectivity index (χ3v) is 3.90. The lowest BCUT2D eigenvalue weighted by molar-refractivity contribution is -0.116. The van der Waals surface area contributed by atoms with Crippen molar-refractivity contribution in [3.8, 4) is 5.75 Å². The van der Waals surface area contributed by atoms with Crippen LogP contribution in [0.25, 0.3) is 0 Å². The average Bonchev–Trinajstić information content (AvgIpc) is 3.22. The Labute approximate surface area is 179 Å². The molecule has 7 heteroatoms. The van der Waals surface area contributed by atoms with Gasteiger partial charge in [0.1, 0.15) is 11.4 Å². The number of benzene rings is 1. The van der Waals surface area contributed by atoms with Gasteiger partial charge in [-0.1, -0.05) is 32.1 Å². The number of carbonyl (C=O) groups is 1. The maximum Gasteiger partial charge on any atom is 0.277 e. The highest BCUT2D eigenvalue weighted by Crippen LogP contribution is 2.25. The Morgan fingerprint density at radius 3 is 2.86 bits per heavy atom. The zero-order valence-corrected chi connectivity index (χ0v) is 18.2. The molecule has 0 saturated carbocycles. The molecule has 1 heterocycles. The third kappa shape index (κ3) is 8.39. The molecule has 6 nitrogen and oxygen atoms in total. The molecule has 0 fully saturated rings. The van der Waals surface area contributed by atoms with Gasteiger partial charge in [0.05, 0.1) is 13.2 Å². The Kier molecular flexibility index (Phi) is 11.9. The van der Waals surface area contributed by atoms with Gasteiger partial charge in [-0.3, -0.25) is 10.1 Å². The minimum absolute atomic E-state index is 0.175. The van der Waals surface area contributed by atoms with Gasteiger partial charge < -0.3 is 10.1 Å². The monoisotopic (exact) mass is 414 g/mol. The number of allylic oxidation sites excluding steroid dienone is 1. The number of guanidine groups is 1. The average molecular weight is 415 g/mol. The second kappa shape index (κ2) is 14.2. The molecular weight excluding hydrogens is 384 g/mol. The van der Waals surface area contributed by atoms with E-state index in [1.807, 2.05) is 51.1 Å². The fourth-order valence-corrected chi connectivity index (χ4v) is 2.49. The van der Waals surface area contributed by atoms with Crippen molar-refractivity contribution in [2.45, 2.75) is 27.2 Å². The molecule has 1 aromatic carbocycles. The summed E-state index contributed by atoms with van der Waals surface area (Å²) in [4.78, 5) is 21.0. The van der Waals surface area contributed by atoms with E-state index in [9.17, 15) is 4.79 Å². The Morgan fingerprint density at radius 1 is 1.38 bits per heavy atom. The summed E-state index contributed by atoms with van der Waals surface area (Å²) in [5.41, 5.74) is 2.22. The van der Waals surface area contributed by atoms with E-state index in [-0.39, 0.29) is 5.70 Å². The first kappa shape index (κ1) is 24.2. The van der Waals surface area contributed by atoms with E-state index < -0.39 is 5.91 Å². The number of hydrogen-bond donors (Lipinski definition) is 3. The summed E-state index contributed by atoms with van der Waals surface area (Å²) >= 11 is 4.10. The van der Waals surface area contributed by atoms with E-state index in [2.05, 4.69) is 39.8 Å². The molecule has 156 valence electrons. The minimum Gasteiger partial charge on any atom is -0.493 e. The largest absolute Gasteiger partial charge is 0.493 e. The summed E-state index contributed by atoms with van der Waals surface area (Å²) in [6, 6.07) is 5.83. The fourth-order valence-electron chi connectivity index (χ4n) is 2.31. The number of nitrogens with zero attached hydrogens (tertiary/aromatic N) is 2. The molecule has 1 aliphatic rings. The molecule has 1 amide bonds. The maximum atomic E-state index is 12.5. The molecule has 29 heavy (non-hydrogen) atoms. The van der Waals surface area contributed by atoms with Crippen LogP contribution in [0.2, 0.25) is 0 Å². The van der Waals surface area contributed by atoms with Crippen LogP contribution in [0, 0.1) is 0 Å². The summed E-state index contributed by atoms with van der Waals surface area (Å²) < 4.78 is 5.49. The molecule has 0 bridgehead atoms. The van der Waals surface area contributed by atoms with Crippen molar-refractivity contribution in [2.24, 2.45) is 9.98 Å². The zero-order chi connectivity index (χ0) is 21.5. The van der Waals surface area contributed by atoms with Crippen LogP contribution in [-0.4, -0.2) is 37.8 Å². The normalized spacial score (nSPS) is 13.5. The molecule has 0 unspecified atom stereocenters. The van der Waals surface area contributed by atoms with Crippen molar-refractivity contribution in [2.75, 3.05) is 19.7 Å². The molecule has 0 aromatic heterocycles.